The zero-order valence-electron chi connectivity index (χ0n) is 12.8. The minimum Gasteiger partial charge on any atom is -0.452 e. The molecule has 0 fully saturated rings. The van der Waals surface area contributed by atoms with E-state index in [0.717, 1.165) is 15.8 Å². The van der Waals surface area contributed by atoms with Gasteiger partial charge in [-0.2, -0.15) is 0 Å². The first kappa shape index (κ1) is 17.9. The lowest BCUT2D eigenvalue weighted by molar-refractivity contribution is -0.383. The summed E-state index contributed by atoms with van der Waals surface area (Å²) in [6, 6.07) is 5.53. The van der Waals surface area contributed by atoms with Gasteiger partial charge in [0.15, 0.2) is 6.61 Å². The van der Waals surface area contributed by atoms with Crippen LogP contribution in [0.3, 0.4) is 0 Å². The second kappa shape index (κ2) is 7.41. The lowest BCUT2D eigenvalue weighted by Crippen LogP contribution is -2.21. The van der Waals surface area contributed by atoms with E-state index in [4.69, 9.17) is 16.3 Å². The summed E-state index contributed by atoms with van der Waals surface area (Å²) < 4.78 is 4.94. The van der Waals surface area contributed by atoms with Crippen molar-refractivity contribution >= 4 is 46.2 Å². The van der Waals surface area contributed by atoms with Crippen LogP contribution in [0.15, 0.2) is 24.3 Å². The number of thiophene rings is 1. The number of anilines is 1. The van der Waals surface area contributed by atoms with Crippen LogP contribution in [0, 0.1) is 24.0 Å². The Kier molecular flexibility index (Phi) is 5.53. The van der Waals surface area contributed by atoms with Gasteiger partial charge in [0, 0.05) is 20.8 Å². The van der Waals surface area contributed by atoms with E-state index in [0.29, 0.717) is 5.56 Å². The van der Waals surface area contributed by atoms with Crippen molar-refractivity contribution in [1.29, 1.82) is 0 Å². The number of hydrogen-bond donors (Lipinski definition) is 1. The molecule has 9 heteroatoms. The number of carbonyl (C=O) groups is 2. The van der Waals surface area contributed by atoms with Crippen molar-refractivity contribution in [3.8, 4) is 0 Å². The van der Waals surface area contributed by atoms with E-state index in [-0.39, 0.29) is 16.4 Å². The monoisotopic (exact) mass is 368 g/mol. The number of benzene rings is 1. The summed E-state index contributed by atoms with van der Waals surface area (Å²) in [5.41, 5.74) is 0.0438. The molecule has 0 bridgehead atoms. The Balaban J connectivity index is 2.00. The number of rotatable bonds is 5. The molecule has 0 unspecified atom stereocenters. The third-order valence-electron chi connectivity index (χ3n) is 3.03. The van der Waals surface area contributed by atoms with Crippen LogP contribution in [0.1, 0.15) is 20.1 Å². The van der Waals surface area contributed by atoms with Gasteiger partial charge in [0.1, 0.15) is 5.69 Å². The van der Waals surface area contributed by atoms with E-state index in [1.165, 1.54) is 23.5 Å². The molecular weight excluding hydrogens is 356 g/mol. The zero-order chi connectivity index (χ0) is 17.9. The Labute approximate surface area is 146 Å². The number of nitro benzene ring substituents is 1. The molecule has 0 aliphatic heterocycles. The van der Waals surface area contributed by atoms with Crippen molar-refractivity contribution in [1.82, 2.24) is 0 Å². The maximum absolute atomic E-state index is 11.9. The molecule has 1 amide bonds. The summed E-state index contributed by atoms with van der Waals surface area (Å²) in [6.07, 6.45) is 0. The molecule has 1 heterocycles. The van der Waals surface area contributed by atoms with Gasteiger partial charge in [0.05, 0.1) is 10.5 Å². The van der Waals surface area contributed by atoms with Crippen molar-refractivity contribution in [2.24, 2.45) is 0 Å². The van der Waals surface area contributed by atoms with Crippen LogP contribution in [-0.2, 0) is 9.53 Å². The summed E-state index contributed by atoms with van der Waals surface area (Å²) in [5.74, 6) is -1.30. The molecular formula is C15H13ClN2O5S. The highest BCUT2D eigenvalue weighted by molar-refractivity contribution is 7.12. The average Bonchev–Trinajstić information content (AvgIpc) is 2.85. The van der Waals surface area contributed by atoms with Gasteiger partial charge < -0.3 is 10.1 Å². The Bertz CT molecular complexity index is 818. The van der Waals surface area contributed by atoms with Crippen LogP contribution in [0.4, 0.5) is 11.4 Å². The van der Waals surface area contributed by atoms with Gasteiger partial charge in [0.25, 0.3) is 11.6 Å². The summed E-state index contributed by atoms with van der Waals surface area (Å²) in [7, 11) is 0. The maximum Gasteiger partial charge on any atom is 0.339 e. The van der Waals surface area contributed by atoms with Crippen molar-refractivity contribution in [3.05, 3.63) is 54.7 Å². The first-order valence-electron chi connectivity index (χ1n) is 6.76. The number of amides is 1. The second-order valence-electron chi connectivity index (χ2n) is 4.87. The molecule has 126 valence electrons. The third kappa shape index (κ3) is 4.30. The summed E-state index contributed by atoms with van der Waals surface area (Å²) in [6.45, 7) is 3.10. The highest BCUT2D eigenvalue weighted by atomic mass is 35.5. The Morgan fingerprint density at radius 3 is 2.62 bits per heavy atom. The molecule has 0 spiro atoms. The predicted molar refractivity (Wildman–Crippen MR) is 90.8 cm³/mol. The molecule has 1 aromatic carbocycles. The number of esters is 1. The number of hydrogen-bond acceptors (Lipinski definition) is 6. The number of nitro groups is 1. The Morgan fingerprint density at radius 2 is 2.04 bits per heavy atom. The SMILES string of the molecule is Cc1cc(C(=O)OCC(=O)Nc2ccc(Cl)cc2[N+](=O)[O-])c(C)s1. The van der Waals surface area contributed by atoms with Crippen LogP contribution in [0.25, 0.3) is 0 Å². The lowest BCUT2D eigenvalue weighted by atomic mass is 10.2. The van der Waals surface area contributed by atoms with Crippen molar-refractivity contribution in [3.63, 3.8) is 0 Å². The van der Waals surface area contributed by atoms with E-state index in [1.807, 2.05) is 6.92 Å². The van der Waals surface area contributed by atoms with Gasteiger partial charge in [-0.1, -0.05) is 11.6 Å². The van der Waals surface area contributed by atoms with Gasteiger partial charge in [-0.3, -0.25) is 14.9 Å². The highest BCUT2D eigenvalue weighted by Crippen LogP contribution is 2.27. The number of halogens is 1. The van der Waals surface area contributed by atoms with E-state index in [2.05, 4.69) is 5.32 Å². The minimum atomic E-state index is -0.682. The summed E-state index contributed by atoms with van der Waals surface area (Å²) in [4.78, 5) is 35.8. The summed E-state index contributed by atoms with van der Waals surface area (Å²) >= 11 is 7.15. The fourth-order valence-corrected chi connectivity index (χ4v) is 3.07. The van der Waals surface area contributed by atoms with Gasteiger partial charge >= 0.3 is 5.97 Å². The van der Waals surface area contributed by atoms with Gasteiger partial charge in [0.2, 0.25) is 0 Å². The largest absolute Gasteiger partial charge is 0.452 e. The van der Waals surface area contributed by atoms with E-state index in [9.17, 15) is 19.7 Å². The number of aryl methyl sites for hydroxylation is 2. The van der Waals surface area contributed by atoms with Crippen molar-refractivity contribution in [2.75, 3.05) is 11.9 Å². The van der Waals surface area contributed by atoms with Gasteiger partial charge in [-0.05, 0) is 32.0 Å². The standard InChI is InChI=1S/C15H13ClN2O5S/c1-8-5-11(9(2)24-8)15(20)23-7-14(19)17-12-4-3-10(16)6-13(12)18(21)22/h3-6H,7H2,1-2H3,(H,17,19). The number of ether oxygens (including phenoxy) is 1. The fourth-order valence-electron chi connectivity index (χ4n) is 1.99. The molecule has 0 aliphatic rings. The molecule has 2 aromatic rings. The molecule has 24 heavy (non-hydrogen) atoms. The number of carbonyl (C=O) groups excluding carboxylic acids is 2. The normalized spacial score (nSPS) is 10.3. The quantitative estimate of drug-likeness (QED) is 0.492. The number of nitrogens with zero attached hydrogens (tertiary/aromatic N) is 1. The Hall–Kier alpha value is -2.45. The molecule has 0 atom stereocenters. The van der Waals surface area contributed by atoms with Gasteiger partial charge in [-0.25, -0.2) is 4.79 Å². The second-order valence-corrected chi connectivity index (χ2v) is 6.77. The molecule has 1 aromatic heterocycles. The van der Waals surface area contributed by atoms with Crippen LogP contribution in [-0.4, -0.2) is 23.4 Å². The number of nitrogens with one attached hydrogen (secondary N) is 1. The lowest BCUT2D eigenvalue weighted by Gasteiger charge is -2.07. The minimum absolute atomic E-state index is 0.0204. The topological polar surface area (TPSA) is 98.5 Å². The van der Waals surface area contributed by atoms with Crippen molar-refractivity contribution < 1.29 is 19.2 Å². The molecule has 0 aliphatic carbocycles. The van der Waals surface area contributed by atoms with Crippen LogP contribution in [0.5, 0.6) is 0 Å². The molecule has 0 saturated carbocycles. The fraction of sp³-hybridized carbons (Fsp3) is 0.200. The van der Waals surface area contributed by atoms with Crippen molar-refractivity contribution in [2.45, 2.75) is 13.8 Å². The van der Waals surface area contributed by atoms with E-state index >= 15 is 0 Å². The Morgan fingerprint density at radius 1 is 1.33 bits per heavy atom. The van der Waals surface area contributed by atoms with Crippen LogP contribution >= 0.6 is 22.9 Å². The molecule has 2 rings (SSSR count). The molecule has 0 radical (unpaired) electrons. The molecule has 1 N–H and O–H groups in total. The average molecular weight is 369 g/mol. The zero-order valence-corrected chi connectivity index (χ0v) is 14.4. The van der Waals surface area contributed by atoms with E-state index < -0.39 is 23.4 Å². The highest BCUT2D eigenvalue weighted by Gasteiger charge is 2.18. The van der Waals surface area contributed by atoms with Crippen LogP contribution in [0.2, 0.25) is 5.02 Å². The van der Waals surface area contributed by atoms with Crippen LogP contribution < -0.4 is 5.32 Å². The smallest absolute Gasteiger partial charge is 0.339 e. The maximum atomic E-state index is 11.9. The predicted octanol–water partition coefficient (Wildman–Crippen LogP) is 3.72. The van der Waals surface area contributed by atoms with E-state index in [1.54, 1.807) is 13.0 Å². The first-order chi connectivity index (χ1) is 11.3. The third-order valence-corrected chi connectivity index (χ3v) is 4.23. The summed E-state index contributed by atoms with van der Waals surface area (Å²) in [5, 5.41) is 13.5. The molecule has 0 saturated heterocycles. The molecule has 7 nitrogen and oxygen atoms in total. The van der Waals surface area contributed by atoms with Gasteiger partial charge in [-0.15, -0.1) is 11.3 Å². The first-order valence-corrected chi connectivity index (χ1v) is 7.95.